The summed E-state index contributed by atoms with van der Waals surface area (Å²) >= 11 is 1.89. The van der Waals surface area contributed by atoms with Crippen LogP contribution in [-0.4, -0.2) is 4.57 Å². The lowest BCUT2D eigenvalue weighted by Gasteiger charge is -2.46. The minimum Gasteiger partial charge on any atom is -0.456 e. The number of nitrogens with zero attached hydrogens (tertiary/aromatic N) is 2. The maximum Gasteiger partial charge on any atom is 0.135 e. The fraction of sp³-hybridized carbons (Fsp3) is 0.0169. The van der Waals surface area contributed by atoms with Crippen molar-refractivity contribution in [1.82, 2.24) is 4.57 Å². The Labute approximate surface area is 368 Å². The van der Waals surface area contributed by atoms with Crippen molar-refractivity contribution in [2.45, 2.75) is 15.2 Å². The summed E-state index contributed by atoms with van der Waals surface area (Å²) in [5.74, 6) is 0. The molecule has 4 heteroatoms. The number of aromatic nitrogens is 1. The largest absolute Gasteiger partial charge is 0.456 e. The summed E-state index contributed by atoms with van der Waals surface area (Å²) in [4.78, 5) is 5.01. The Morgan fingerprint density at radius 2 is 1.06 bits per heavy atom. The van der Waals surface area contributed by atoms with Gasteiger partial charge in [0.15, 0.2) is 0 Å². The third-order valence-electron chi connectivity index (χ3n) is 13.6. The highest BCUT2D eigenvalue weighted by atomic mass is 32.2. The van der Waals surface area contributed by atoms with Gasteiger partial charge in [0.1, 0.15) is 11.2 Å². The molecule has 0 bridgehead atoms. The van der Waals surface area contributed by atoms with E-state index in [4.69, 9.17) is 4.42 Å². The summed E-state index contributed by atoms with van der Waals surface area (Å²) in [6.07, 6.45) is 0. The number of anilines is 3. The van der Waals surface area contributed by atoms with Crippen LogP contribution in [0.4, 0.5) is 17.1 Å². The number of hydrogen-bond donors (Lipinski definition) is 0. The van der Waals surface area contributed by atoms with Crippen LogP contribution in [0.3, 0.4) is 0 Å². The smallest absolute Gasteiger partial charge is 0.135 e. The third kappa shape index (κ3) is 4.81. The first-order chi connectivity index (χ1) is 31.2. The molecule has 1 aliphatic carbocycles. The predicted octanol–water partition coefficient (Wildman–Crippen LogP) is 16.1. The van der Waals surface area contributed by atoms with Gasteiger partial charge in [0, 0.05) is 54.1 Å². The van der Waals surface area contributed by atoms with E-state index in [-0.39, 0.29) is 0 Å². The average molecular weight is 821 g/mol. The van der Waals surface area contributed by atoms with Crippen molar-refractivity contribution < 1.29 is 4.42 Å². The van der Waals surface area contributed by atoms with E-state index in [1.165, 1.54) is 70.2 Å². The number of para-hydroxylation sites is 3. The second-order valence-electron chi connectivity index (χ2n) is 16.8. The zero-order valence-corrected chi connectivity index (χ0v) is 34.8. The fourth-order valence-electron chi connectivity index (χ4n) is 11.1. The number of rotatable bonds is 4. The monoisotopic (exact) mass is 820 g/mol. The van der Waals surface area contributed by atoms with E-state index in [1.807, 2.05) is 23.9 Å². The van der Waals surface area contributed by atoms with E-state index >= 15 is 0 Å². The molecule has 2 aliphatic rings. The van der Waals surface area contributed by atoms with Crippen molar-refractivity contribution in [3.8, 4) is 16.8 Å². The molecule has 294 valence electrons. The summed E-state index contributed by atoms with van der Waals surface area (Å²) in [7, 11) is 0. The van der Waals surface area contributed by atoms with Gasteiger partial charge in [0.05, 0.1) is 16.4 Å². The maximum atomic E-state index is 6.25. The molecular weight excluding hydrogens is 785 g/mol. The minimum atomic E-state index is -0.543. The highest BCUT2D eigenvalue weighted by Crippen LogP contribution is 2.62. The molecule has 63 heavy (non-hydrogen) atoms. The zero-order chi connectivity index (χ0) is 41.2. The molecule has 1 atom stereocenters. The lowest BCUT2D eigenvalue weighted by Crippen LogP contribution is -2.36. The molecule has 0 radical (unpaired) electrons. The van der Waals surface area contributed by atoms with Crippen molar-refractivity contribution in [3.63, 3.8) is 0 Å². The Morgan fingerprint density at radius 3 is 1.98 bits per heavy atom. The van der Waals surface area contributed by atoms with E-state index in [1.54, 1.807) is 0 Å². The van der Waals surface area contributed by atoms with E-state index in [0.29, 0.717) is 0 Å². The van der Waals surface area contributed by atoms with Gasteiger partial charge in [-0.15, -0.1) is 0 Å². The molecule has 0 N–H and O–H groups in total. The molecule has 2 aromatic heterocycles. The normalized spacial score (nSPS) is 15.0. The van der Waals surface area contributed by atoms with Crippen LogP contribution >= 0.6 is 11.8 Å². The molecule has 3 heterocycles. The highest BCUT2D eigenvalue weighted by Gasteiger charge is 2.48. The van der Waals surface area contributed by atoms with Crippen LogP contribution < -0.4 is 4.90 Å². The zero-order valence-electron chi connectivity index (χ0n) is 34.0. The molecule has 0 fully saturated rings. The lowest BCUT2D eigenvalue weighted by molar-refractivity contribution is 0.669. The van der Waals surface area contributed by atoms with Gasteiger partial charge in [-0.1, -0.05) is 145 Å². The third-order valence-corrected chi connectivity index (χ3v) is 14.8. The fourth-order valence-corrected chi connectivity index (χ4v) is 12.2. The molecule has 1 aliphatic heterocycles. The Bertz CT molecular complexity index is 3860. The molecule has 10 aromatic carbocycles. The first kappa shape index (κ1) is 34.9. The van der Waals surface area contributed by atoms with Crippen molar-refractivity contribution in [2.75, 3.05) is 4.90 Å². The van der Waals surface area contributed by atoms with Gasteiger partial charge < -0.3 is 13.9 Å². The van der Waals surface area contributed by atoms with Crippen molar-refractivity contribution in [2.24, 2.45) is 0 Å². The van der Waals surface area contributed by atoms with Gasteiger partial charge in [-0.3, -0.25) is 0 Å². The van der Waals surface area contributed by atoms with Crippen LogP contribution in [-0.2, 0) is 5.41 Å². The van der Waals surface area contributed by atoms with Crippen LogP contribution in [0, 0.1) is 0 Å². The molecule has 12 aromatic rings. The van der Waals surface area contributed by atoms with Crippen LogP contribution in [0.25, 0.3) is 71.3 Å². The SMILES string of the molecule is c1ccc(N(c2ccc3c(c2)C2(c4ccccc4S3)c3ccccc3-c3cccc4cccc2c34)c2ccc3c(c2)c2ccccc2n3-c2ccc3oc4ccccc4c3c2)cc1. The summed E-state index contributed by atoms with van der Waals surface area (Å²) in [6.45, 7) is 0. The quantitative estimate of drug-likeness (QED) is 0.176. The number of furan rings is 1. The molecule has 0 saturated heterocycles. The Balaban J connectivity index is 1.01. The first-order valence-corrected chi connectivity index (χ1v) is 22.4. The average Bonchev–Trinajstić information content (AvgIpc) is 3.88. The maximum absolute atomic E-state index is 6.25. The van der Waals surface area contributed by atoms with Crippen LogP contribution in [0.5, 0.6) is 0 Å². The Morgan fingerprint density at radius 1 is 0.397 bits per heavy atom. The first-order valence-electron chi connectivity index (χ1n) is 21.6. The van der Waals surface area contributed by atoms with Gasteiger partial charge in [-0.2, -0.15) is 0 Å². The predicted molar refractivity (Wildman–Crippen MR) is 262 cm³/mol. The van der Waals surface area contributed by atoms with Gasteiger partial charge in [-0.25, -0.2) is 0 Å². The van der Waals surface area contributed by atoms with Crippen molar-refractivity contribution >= 4 is 83.3 Å². The molecule has 0 amide bonds. The highest BCUT2D eigenvalue weighted by molar-refractivity contribution is 7.99. The molecule has 1 unspecified atom stereocenters. The van der Waals surface area contributed by atoms with E-state index in [9.17, 15) is 0 Å². The van der Waals surface area contributed by atoms with Crippen LogP contribution in [0.15, 0.2) is 233 Å². The second kappa shape index (κ2) is 13.1. The van der Waals surface area contributed by atoms with E-state index in [2.05, 4.69) is 216 Å². The molecule has 14 rings (SSSR count). The Hall–Kier alpha value is -7.79. The van der Waals surface area contributed by atoms with Crippen molar-refractivity contribution in [3.05, 3.63) is 241 Å². The summed E-state index contributed by atoms with van der Waals surface area (Å²) in [5, 5.41) is 7.25. The minimum absolute atomic E-state index is 0.543. The lowest BCUT2D eigenvalue weighted by atomic mass is 9.59. The van der Waals surface area contributed by atoms with E-state index in [0.717, 1.165) is 50.2 Å². The Kier molecular flexibility index (Phi) is 7.26. The number of hydrogen-bond acceptors (Lipinski definition) is 3. The molecular formula is C59H36N2OS. The van der Waals surface area contributed by atoms with Gasteiger partial charge >= 0.3 is 0 Å². The van der Waals surface area contributed by atoms with Gasteiger partial charge in [0.2, 0.25) is 0 Å². The molecule has 0 saturated carbocycles. The van der Waals surface area contributed by atoms with Crippen molar-refractivity contribution in [1.29, 1.82) is 0 Å². The van der Waals surface area contributed by atoms with Gasteiger partial charge in [-0.05, 0) is 129 Å². The summed E-state index contributed by atoms with van der Waals surface area (Å²) < 4.78 is 8.65. The van der Waals surface area contributed by atoms with Crippen LogP contribution in [0.1, 0.15) is 22.3 Å². The second-order valence-corrected chi connectivity index (χ2v) is 17.9. The van der Waals surface area contributed by atoms with Crippen LogP contribution in [0.2, 0.25) is 0 Å². The topological polar surface area (TPSA) is 21.3 Å². The van der Waals surface area contributed by atoms with Gasteiger partial charge in [0.25, 0.3) is 0 Å². The summed E-state index contributed by atoms with van der Waals surface area (Å²) in [6, 6.07) is 80.6. The number of fused-ring (bicyclic) bond motifs is 14. The molecule has 3 nitrogen and oxygen atoms in total. The molecule has 1 spiro atoms. The number of benzene rings is 10. The van der Waals surface area contributed by atoms with E-state index < -0.39 is 5.41 Å². The standard InChI is InChI=1S/C59H36N2OS/c1-2-16-38(17-3-1)60(39-28-31-53-46(34-39)43-19-5-9-25-52(43)61(53)40-29-32-55-47(35-40)44-20-6-10-26-54(44)62-55)41-30-33-57-51(36-41)59(49-23-8-11-27-56(49)63-57)48-22-7-4-18-42(48)45-21-12-14-37-15-13-24-50(59)58(37)45/h1-36H. The summed E-state index contributed by atoms with van der Waals surface area (Å²) in [5.41, 5.74) is 15.9.